The number of nitrogens with one attached hydrogen (secondary N) is 2. The van der Waals surface area contributed by atoms with Crippen molar-refractivity contribution in [2.45, 2.75) is 25.9 Å². The van der Waals surface area contributed by atoms with Crippen LogP contribution in [-0.4, -0.2) is 57.3 Å². The fourth-order valence-electron chi connectivity index (χ4n) is 5.96. The highest BCUT2D eigenvalue weighted by Gasteiger charge is 2.41. The Balaban J connectivity index is 1.13. The third kappa shape index (κ3) is 6.54. The fourth-order valence-corrected chi connectivity index (χ4v) is 5.96. The molecule has 2 atom stereocenters. The number of carbonyl (C=O) groups is 2. The minimum Gasteiger partial charge on any atom is -0.493 e. The van der Waals surface area contributed by atoms with Gasteiger partial charge in [0.05, 0.1) is 12.7 Å². The van der Waals surface area contributed by atoms with Gasteiger partial charge in [0, 0.05) is 49.0 Å². The van der Waals surface area contributed by atoms with Crippen molar-refractivity contribution in [3.8, 4) is 22.9 Å². The van der Waals surface area contributed by atoms with E-state index < -0.39 is 23.1 Å². The molecule has 1 saturated heterocycles. The molecule has 6 rings (SSSR count). The average Bonchev–Trinajstić information content (AvgIpc) is 3.57. The van der Waals surface area contributed by atoms with Crippen LogP contribution in [0.2, 0.25) is 0 Å². The van der Waals surface area contributed by atoms with Gasteiger partial charge in [-0.05, 0) is 80.1 Å². The molecule has 1 aliphatic carbocycles. The molecule has 0 radical (unpaired) electrons. The van der Waals surface area contributed by atoms with Crippen LogP contribution >= 0.6 is 0 Å². The molecule has 1 saturated carbocycles. The van der Waals surface area contributed by atoms with Crippen LogP contribution in [0.5, 0.6) is 17.2 Å². The van der Waals surface area contributed by atoms with Crippen molar-refractivity contribution < 1.29 is 33.0 Å². The monoisotopic (exact) mass is 631 g/mol. The van der Waals surface area contributed by atoms with Crippen LogP contribution in [0.15, 0.2) is 77.9 Å². The molecule has 2 fully saturated rings. The SMILES string of the molecule is CCOc1ccn(-c2ccc(F)cc2)c(=O)c1C(=O)Nc1ccc(Oc2ccnc(NC(=O)N3CC4CC(O)CC4C3)c2)c(F)c1. The molecule has 238 valence electrons. The van der Waals surface area contributed by atoms with Gasteiger partial charge >= 0.3 is 6.03 Å². The molecule has 0 spiro atoms. The Kier molecular flexibility index (Phi) is 8.66. The van der Waals surface area contributed by atoms with Crippen LogP contribution in [0.4, 0.5) is 25.1 Å². The second-order valence-corrected chi connectivity index (χ2v) is 11.2. The van der Waals surface area contributed by atoms with E-state index in [9.17, 15) is 23.9 Å². The van der Waals surface area contributed by atoms with Gasteiger partial charge in [0.2, 0.25) is 0 Å². The zero-order valence-corrected chi connectivity index (χ0v) is 24.8. The first-order valence-electron chi connectivity index (χ1n) is 14.8. The Morgan fingerprint density at radius 3 is 2.41 bits per heavy atom. The quantitative estimate of drug-likeness (QED) is 0.244. The number of urea groups is 1. The number of aliphatic hydroxyl groups excluding tert-OH is 1. The minimum absolute atomic E-state index is 0.0377. The molecule has 0 bridgehead atoms. The molecule has 2 unspecified atom stereocenters. The number of amides is 3. The lowest BCUT2D eigenvalue weighted by Gasteiger charge is -2.18. The largest absolute Gasteiger partial charge is 0.493 e. The summed E-state index contributed by atoms with van der Waals surface area (Å²) in [7, 11) is 0. The standard InChI is InChI=1S/C33H31F2N5O6/c1-2-45-28-10-12-40(23-6-3-21(34)4-7-23)32(43)30(28)31(42)37-22-5-8-27(26(35)15-22)46-25-9-11-36-29(16-25)38-33(44)39-17-19-13-24(41)14-20(19)18-39/h3-12,15-16,19-20,24,41H,2,13-14,17-18H2,1H3,(H,37,42)(H,36,38,44). The molecule has 2 aliphatic rings. The Hall–Kier alpha value is -5.30. The van der Waals surface area contributed by atoms with Crippen molar-refractivity contribution in [2.75, 3.05) is 30.3 Å². The van der Waals surface area contributed by atoms with E-state index in [2.05, 4.69) is 15.6 Å². The molecule has 3 amide bonds. The lowest BCUT2D eigenvalue weighted by molar-refractivity contribution is 0.102. The summed E-state index contributed by atoms with van der Waals surface area (Å²) < 4.78 is 40.9. The third-order valence-electron chi connectivity index (χ3n) is 8.08. The number of aliphatic hydroxyl groups is 1. The van der Waals surface area contributed by atoms with E-state index in [1.165, 1.54) is 71.6 Å². The van der Waals surface area contributed by atoms with Gasteiger partial charge in [-0.25, -0.2) is 18.6 Å². The number of carbonyl (C=O) groups excluding carboxylic acids is 2. The molecular weight excluding hydrogens is 600 g/mol. The van der Waals surface area contributed by atoms with Crippen LogP contribution < -0.4 is 25.7 Å². The molecule has 11 nitrogen and oxygen atoms in total. The highest BCUT2D eigenvalue weighted by atomic mass is 19.1. The van der Waals surface area contributed by atoms with Gasteiger partial charge in [0.15, 0.2) is 11.6 Å². The second kappa shape index (κ2) is 13.0. The number of ether oxygens (including phenoxy) is 2. The lowest BCUT2D eigenvalue weighted by atomic mass is 10.0. The van der Waals surface area contributed by atoms with Gasteiger partial charge < -0.3 is 24.8 Å². The number of rotatable bonds is 8. The summed E-state index contributed by atoms with van der Waals surface area (Å²) in [6.07, 6.45) is 3.93. The van der Waals surface area contributed by atoms with Gasteiger partial charge in [-0.1, -0.05) is 0 Å². The number of likely N-dealkylation sites (tertiary alicyclic amines) is 1. The Morgan fingerprint density at radius 2 is 1.72 bits per heavy atom. The van der Waals surface area contributed by atoms with E-state index in [0.717, 1.165) is 6.07 Å². The van der Waals surface area contributed by atoms with E-state index in [4.69, 9.17) is 9.47 Å². The van der Waals surface area contributed by atoms with E-state index >= 15 is 4.39 Å². The van der Waals surface area contributed by atoms with Gasteiger partial charge in [0.25, 0.3) is 11.5 Å². The lowest BCUT2D eigenvalue weighted by Crippen LogP contribution is -2.34. The summed E-state index contributed by atoms with van der Waals surface area (Å²) >= 11 is 0. The van der Waals surface area contributed by atoms with Crippen molar-refractivity contribution in [3.63, 3.8) is 0 Å². The number of anilines is 2. The number of hydrogen-bond donors (Lipinski definition) is 3. The number of aromatic nitrogens is 2. The summed E-state index contributed by atoms with van der Waals surface area (Å²) in [5.41, 5.74) is -0.619. The maximum atomic E-state index is 15.1. The molecule has 2 aromatic heterocycles. The van der Waals surface area contributed by atoms with Crippen LogP contribution in [0.3, 0.4) is 0 Å². The van der Waals surface area contributed by atoms with Gasteiger partial charge in [-0.2, -0.15) is 0 Å². The Labute approximate surface area is 262 Å². The van der Waals surface area contributed by atoms with Crippen LogP contribution in [0.25, 0.3) is 5.69 Å². The topological polar surface area (TPSA) is 135 Å². The van der Waals surface area contributed by atoms with Crippen LogP contribution in [0, 0.1) is 23.5 Å². The van der Waals surface area contributed by atoms with Gasteiger partial charge in [-0.15, -0.1) is 0 Å². The van der Waals surface area contributed by atoms with Crippen molar-refractivity contribution in [3.05, 3.63) is 101 Å². The van der Waals surface area contributed by atoms with E-state index in [1.54, 1.807) is 11.8 Å². The van der Waals surface area contributed by atoms with Crippen molar-refractivity contribution in [2.24, 2.45) is 11.8 Å². The number of halogens is 2. The first kappa shape index (κ1) is 30.7. The number of benzene rings is 2. The van der Waals surface area contributed by atoms with Gasteiger partial charge in [-0.3, -0.25) is 19.5 Å². The second-order valence-electron chi connectivity index (χ2n) is 11.2. The maximum absolute atomic E-state index is 15.1. The van der Waals surface area contributed by atoms with Gasteiger partial charge in [0.1, 0.15) is 28.7 Å². The number of pyridine rings is 2. The van der Waals surface area contributed by atoms with Crippen LogP contribution in [-0.2, 0) is 0 Å². The van der Waals surface area contributed by atoms with Crippen molar-refractivity contribution in [1.29, 1.82) is 0 Å². The number of nitrogens with zero attached hydrogens (tertiary/aromatic N) is 3. The minimum atomic E-state index is -0.828. The molecule has 3 heterocycles. The van der Waals surface area contributed by atoms with Crippen molar-refractivity contribution in [1.82, 2.24) is 14.5 Å². The third-order valence-corrected chi connectivity index (χ3v) is 8.08. The summed E-state index contributed by atoms with van der Waals surface area (Å²) in [6, 6.07) is 13.1. The molecule has 3 N–H and O–H groups in total. The van der Waals surface area contributed by atoms with E-state index in [1.807, 2.05) is 0 Å². The Bertz CT molecular complexity index is 1820. The Morgan fingerprint density at radius 1 is 0.978 bits per heavy atom. The van der Waals surface area contributed by atoms with Crippen LogP contribution in [0.1, 0.15) is 30.1 Å². The summed E-state index contributed by atoms with van der Waals surface area (Å²) in [5.74, 6) is -1.20. The molecule has 13 heteroatoms. The first-order valence-corrected chi connectivity index (χ1v) is 14.8. The molecule has 1 aliphatic heterocycles. The van der Waals surface area contributed by atoms with E-state index in [-0.39, 0.29) is 53.1 Å². The maximum Gasteiger partial charge on any atom is 0.323 e. The number of hydrogen-bond acceptors (Lipinski definition) is 7. The first-order chi connectivity index (χ1) is 22.2. The van der Waals surface area contributed by atoms with Crippen molar-refractivity contribution >= 4 is 23.4 Å². The highest BCUT2D eigenvalue weighted by Crippen LogP contribution is 2.38. The molecule has 46 heavy (non-hydrogen) atoms. The fraction of sp³-hybridized carbons (Fsp3) is 0.273. The molecular formula is C33H31F2N5O6. The van der Waals surface area contributed by atoms with E-state index in [0.29, 0.717) is 43.5 Å². The average molecular weight is 632 g/mol. The predicted molar refractivity (Wildman–Crippen MR) is 165 cm³/mol. The highest BCUT2D eigenvalue weighted by molar-refractivity contribution is 6.06. The predicted octanol–water partition coefficient (Wildman–Crippen LogP) is 5.19. The molecule has 4 aromatic rings. The summed E-state index contributed by atoms with van der Waals surface area (Å²) in [6.45, 7) is 3.02. The number of fused-ring (bicyclic) bond motifs is 1. The normalized spacial score (nSPS) is 18.6. The molecule has 2 aromatic carbocycles. The smallest absolute Gasteiger partial charge is 0.323 e. The summed E-state index contributed by atoms with van der Waals surface area (Å²) in [4.78, 5) is 45.3. The summed E-state index contributed by atoms with van der Waals surface area (Å²) in [5, 5.41) is 15.1. The zero-order chi connectivity index (χ0) is 32.4. The zero-order valence-electron chi connectivity index (χ0n) is 24.8.